The summed E-state index contributed by atoms with van der Waals surface area (Å²) in [5, 5.41) is 10.1. The number of anilines is 1. The highest BCUT2D eigenvalue weighted by molar-refractivity contribution is 5.95. The molecule has 1 unspecified atom stereocenters. The second-order valence-electron chi connectivity index (χ2n) is 5.94. The Morgan fingerprint density at radius 1 is 1.39 bits per heavy atom. The third kappa shape index (κ3) is 3.41. The molecule has 0 amide bonds. The molecule has 0 radical (unpaired) electrons. The molecule has 0 aliphatic carbocycles. The maximum atomic E-state index is 8.95. The van der Waals surface area contributed by atoms with Crippen molar-refractivity contribution in [2.24, 2.45) is 0 Å². The second kappa shape index (κ2) is 7.15. The van der Waals surface area contributed by atoms with Crippen LogP contribution in [0.25, 0.3) is 10.9 Å². The Labute approximate surface area is 136 Å². The van der Waals surface area contributed by atoms with Crippen LogP contribution in [0.2, 0.25) is 0 Å². The average molecular weight is 316 g/mol. The number of fused-ring (bicyclic) bond motifs is 1. The molecule has 5 heteroatoms. The summed E-state index contributed by atoms with van der Waals surface area (Å²) in [6, 6.07) is 8.18. The number of nitrogens with zero attached hydrogens (tertiary/aromatic N) is 2. The van der Waals surface area contributed by atoms with Gasteiger partial charge in [0.25, 0.3) is 0 Å². The van der Waals surface area contributed by atoms with E-state index >= 15 is 0 Å². The van der Waals surface area contributed by atoms with Gasteiger partial charge in [-0.1, -0.05) is 12.1 Å². The molecule has 23 heavy (non-hydrogen) atoms. The Morgan fingerprint density at radius 3 is 3.04 bits per heavy atom. The average Bonchev–Trinajstić information content (AvgIpc) is 2.59. The van der Waals surface area contributed by atoms with E-state index in [1.165, 1.54) is 5.69 Å². The van der Waals surface area contributed by atoms with E-state index in [0.717, 1.165) is 48.3 Å². The molecule has 0 saturated carbocycles. The summed E-state index contributed by atoms with van der Waals surface area (Å²) in [4.78, 5) is 7.02. The van der Waals surface area contributed by atoms with E-state index in [2.05, 4.69) is 22.0 Å². The molecule has 1 aliphatic rings. The molecule has 124 valence electrons. The number of rotatable bonds is 5. The topological polar surface area (TPSA) is 54.8 Å². The quantitative estimate of drug-likeness (QED) is 0.918. The molecule has 1 aromatic heterocycles. The van der Waals surface area contributed by atoms with E-state index in [9.17, 15) is 0 Å². The smallest absolute Gasteiger partial charge is 0.145 e. The highest BCUT2D eigenvalue weighted by atomic mass is 16.5. The minimum Gasteiger partial charge on any atom is -0.494 e. The van der Waals surface area contributed by atoms with Crippen molar-refractivity contribution in [3.05, 3.63) is 30.0 Å². The number of aliphatic hydroxyl groups is 1. The number of aliphatic hydroxyl groups excluding tert-OH is 1. The molecule has 3 rings (SSSR count). The summed E-state index contributed by atoms with van der Waals surface area (Å²) in [6.45, 7) is 4.34. The van der Waals surface area contributed by atoms with Crippen molar-refractivity contribution in [1.29, 1.82) is 0 Å². The van der Waals surface area contributed by atoms with Crippen LogP contribution in [0.5, 0.6) is 5.75 Å². The van der Waals surface area contributed by atoms with Gasteiger partial charge in [0.05, 0.1) is 26.4 Å². The van der Waals surface area contributed by atoms with Gasteiger partial charge in [-0.15, -0.1) is 0 Å². The summed E-state index contributed by atoms with van der Waals surface area (Å²) in [7, 11) is 1.68. The fourth-order valence-corrected chi connectivity index (χ4v) is 3.27. The van der Waals surface area contributed by atoms with Crippen LogP contribution in [0, 0.1) is 6.92 Å². The molecular weight excluding hydrogens is 292 g/mol. The van der Waals surface area contributed by atoms with Crippen LogP contribution in [0.4, 0.5) is 5.69 Å². The van der Waals surface area contributed by atoms with Gasteiger partial charge in [-0.05, 0) is 31.9 Å². The van der Waals surface area contributed by atoms with Gasteiger partial charge in [0.2, 0.25) is 0 Å². The Morgan fingerprint density at radius 2 is 2.26 bits per heavy atom. The normalized spacial score (nSPS) is 18.4. The van der Waals surface area contributed by atoms with Gasteiger partial charge < -0.3 is 19.5 Å². The van der Waals surface area contributed by atoms with Crippen LogP contribution in [0.3, 0.4) is 0 Å². The van der Waals surface area contributed by atoms with Crippen molar-refractivity contribution < 1.29 is 14.6 Å². The number of ether oxygens (including phenoxy) is 2. The first kappa shape index (κ1) is 16.0. The molecule has 2 heterocycles. The fourth-order valence-electron chi connectivity index (χ4n) is 3.27. The summed E-state index contributed by atoms with van der Waals surface area (Å²) < 4.78 is 11.2. The lowest BCUT2D eigenvalue weighted by Gasteiger charge is -2.35. The van der Waals surface area contributed by atoms with Crippen LogP contribution in [-0.4, -0.2) is 49.6 Å². The van der Waals surface area contributed by atoms with Crippen LogP contribution in [-0.2, 0) is 4.74 Å². The van der Waals surface area contributed by atoms with Gasteiger partial charge in [-0.2, -0.15) is 0 Å². The number of piperidine rings is 1. The predicted octanol–water partition coefficient (Wildman–Crippen LogP) is 2.53. The number of hydrogen-bond donors (Lipinski definition) is 1. The van der Waals surface area contributed by atoms with Crippen LogP contribution in [0.1, 0.15) is 18.5 Å². The molecule has 1 saturated heterocycles. The third-order valence-electron chi connectivity index (χ3n) is 4.29. The molecule has 1 atom stereocenters. The zero-order valence-corrected chi connectivity index (χ0v) is 13.8. The number of benzene rings is 1. The Hall–Kier alpha value is -1.85. The summed E-state index contributed by atoms with van der Waals surface area (Å²) in [5.74, 6) is 0.803. The largest absolute Gasteiger partial charge is 0.494 e. The molecule has 5 nitrogen and oxygen atoms in total. The van der Waals surface area contributed by atoms with Gasteiger partial charge in [0, 0.05) is 29.9 Å². The molecule has 0 bridgehead atoms. The van der Waals surface area contributed by atoms with Crippen molar-refractivity contribution in [3.63, 3.8) is 0 Å². The predicted molar refractivity (Wildman–Crippen MR) is 91.3 cm³/mol. The zero-order chi connectivity index (χ0) is 16.2. The SMILES string of the molecule is COc1cccc2c(N3CCCC(OCCO)C3)cc(C)nc12. The number of aryl methyl sites for hydroxylation is 1. The maximum Gasteiger partial charge on any atom is 0.145 e. The van der Waals surface area contributed by atoms with Crippen molar-refractivity contribution in [3.8, 4) is 5.75 Å². The highest BCUT2D eigenvalue weighted by Crippen LogP contribution is 2.33. The van der Waals surface area contributed by atoms with Crippen molar-refractivity contribution >= 4 is 16.6 Å². The molecule has 2 aromatic rings. The summed E-state index contributed by atoms with van der Waals surface area (Å²) in [6.07, 6.45) is 2.30. The number of hydrogen-bond acceptors (Lipinski definition) is 5. The Bertz CT molecular complexity index is 675. The minimum absolute atomic E-state index is 0.0744. The highest BCUT2D eigenvalue weighted by Gasteiger charge is 2.22. The van der Waals surface area contributed by atoms with Crippen molar-refractivity contribution in [2.75, 3.05) is 38.3 Å². The molecule has 1 fully saturated rings. The lowest BCUT2D eigenvalue weighted by Crippen LogP contribution is -2.40. The fraction of sp³-hybridized carbons (Fsp3) is 0.500. The van der Waals surface area contributed by atoms with E-state index in [1.807, 2.05) is 19.1 Å². The monoisotopic (exact) mass is 316 g/mol. The standard InChI is InChI=1S/C18H24N2O3/c1-13-11-16(15-6-3-7-17(22-2)18(15)19-13)20-8-4-5-14(12-20)23-10-9-21/h3,6-7,11,14,21H,4-5,8-10,12H2,1-2H3. The van der Waals surface area contributed by atoms with E-state index in [4.69, 9.17) is 14.6 Å². The van der Waals surface area contributed by atoms with Gasteiger partial charge in [0.15, 0.2) is 0 Å². The van der Waals surface area contributed by atoms with Gasteiger partial charge in [-0.25, -0.2) is 4.98 Å². The molecular formula is C18H24N2O3. The zero-order valence-electron chi connectivity index (χ0n) is 13.8. The van der Waals surface area contributed by atoms with E-state index in [1.54, 1.807) is 7.11 Å². The molecule has 0 spiro atoms. The van der Waals surface area contributed by atoms with E-state index in [0.29, 0.717) is 6.61 Å². The molecule has 1 aliphatic heterocycles. The van der Waals surface area contributed by atoms with Gasteiger partial charge >= 0.3 is 0 Å². The van der Waals surface area contributed by atoms with Gasteiger partial charge in [0.1, 0.15) is 11.3 Å². The van der Waals surface area contributed by atoms with E-state index < -0.39 is 0 Å². The van der Waals surface area contributed by atoms with Crippen molar-refractivity contribution in [2.45, 2.75) is 25.9 Å². The number of para-hydroxylation sites is 1. The van der Waals surface area contributed by atoms with Crippen LogP contribution < -0.4 is 9.64 Å². The Kier molecular flexibility index (Phi) is 4.98. The van der Waals surface area contributed by atoms with Crippen molar-refractivity contribution in [1.82, 2.24) is 4.98 Å². The number of methoxy groups -OCH3 is 1. The third-order valence-corrected chi connectivity index (χ3v) is 4.29. The minimum atomic E-state index is 0.0744. The van der Waals surface area contributed by atoms with Gasteiger partial charge in [-0.3, -0.25) is 0 Å². The first-order chi connectivity index (χ1) is 11.2. The first-order valence-electron chi connectivity index (χ1n) is 8.14. The van der Waals surface area contributed by atoms with Crippen LogP contribution in [0.15, 0.2) is 24.3 Å². The van der Waals surface area contributed by atoms with Crippen LogP contribution >= 0.6 is 0 Å². The summed E-state index contributed by atoms with van der Waals surface area (Å²) >= 11 is 0. The Balaban J connectivity index is 1.95. The second-order valence-corrected chi connectivity index (χ2v) is 5.94. The summed E-state index contributed by atoms with van der Waals surface area (Å²) in [5.41, 5.74) is 3.07. The maximum absolute atomic E-state index is 8.95. The number of pyridine rings is 1. The molecule has 1 N–H and O–H groups in total. The molecule has 1 aromatic carbocycles. The first-order valence-corrected chi connectivity index (χ1v) is 8.14. The lowest BCUT2D eigenvalue weighted by atomic mass is 10.0. The van der Waals surface area contributed by atoms with E-state index in [-0.39, 0.29) is 12.7 Å². The lowest BCUT2D eigenvalue weighted by molar-refractivity contribution is 0.0215. The number of aromatic nitrogens is 1.